The van der Waals surface area contributed by atoms with Crippen LogP contribution < -0.4 is 0 Å². The number of hydrogen-bond acceptors (Lipinski definition) is 6. The molecule has 3 heterocycles. The van der Waals surface area contributed by atoms with Crippen molar-refractivity contribution in [3.8, 4) is 34.2 Å². The monoisotopic (exact) mass is 358 g/mol. The molecule has 0 aliphatic carbocycles. The average Bonchev–Trinajstić information content (AvgIpc) is 3.36. The summed E-state index contributed by atoms with van der Waals surface area (Å²) >= 11 is 0. The summed E-state index contributed by atoms with van der Waals surface area (Å²) in [5.74, 6) is 0.289. The summed E-state index contributed by atoms with van der Waals surface area (Å²) in [4.78, 5) is 4.29. The molecule has 3 aromatic heterocycles. The van der Waals surface area contributed by atoms with Gasteiger partial charge in [-0.05, 0) is 30.3 Å². The minimum atomic E-state index is -0.325. The third-order valence-corrected chi connectivity index (χ3v) is 4.14. The maximum absolute atomic E-state index is 13.1. The highest BCUT2D eigenvalue weighted by molar-refractivity contribution is 5.91. The quantitative estimate of drug-likeness (QED) is 0.463. The standard InChI is InChI=1S/C20H11FN4O2/c21-15-8-6-13(7-9-15)18-23-24-19(26-18)14-10-16-17(12-4-2-1-3-5-12)25-27-20(16)22-11-14/h1-11H. The predicted octanol–water partition coefficient (Wildman–Crippen LogP) is 4.75. The van der Waals surface area contributed by atoms with E-state index in [1.165, 1.54) is 12.1 Å². The van der Waals surface area contributed by atoms with Gasteiger partial charge in [-0.3, -0.25) is 0 Å². The van der Waals surface area contributed by atoms with Crippen LogP contribution in [0.2, 0.25) is 0 Å². The molecule has 0 aliphatic heterocycles. The van der Waals surface area contributed by atoms with Crippen LogP contribution in [0.4, 0.5) is 4.39 Å². The van der Waals surface area contributed by atoms with E-state index in [0.717, 1.165) is 10.9 Å². The molecule has 0 aliphatic rings. The Morgan fingerprint density at radius 3 is 2.30 bits per heavy atom. The summed E-state index contributed by atoms with van der Waals surface area (Å²) < 4.78 is 24.1. The Kier molecular flexibility index (Phi) is 3.50. The molecule has 0 unspecified atom stereocenters. The van der Waals surface area contributed by atoms with Gasteiger partial charge in [0.1, 0.15) is 11.5 Å². The molecule has 0 N–H and O–H groups in total. The maximum Gasteiger partial charge on any atom is 0.258 e. The fraction of sp³-hybridized carbons (Fsp3) is 0. The van der Waals surface area contributed by atoms with Crippen molar-refractivity contribution >= 4 is 11.1 Å². The van der Waals surface area contributed by atoms with Crippen molar-refractivity contribution in [2.45, 2.75) is 0 Å². The molecule has 27 heavy (non-hydrogen) atoms. The van der Waals surface area contributed by atoms with Crippen LogP contribution in [0, 0.1) is 5.82 Å². The first-order valence-corrected chi connectivity index (χ1v) is 8.18. The molecule has 5 aromatic rings. The van der Waals surface area contributed by atoms with E-state index in [1.807, 2.05) is 36.4 Å². The average molecular weight is 358 g/mol. The van der Waals surface area contributed by atoms with E-state index in [9.17, 15) is 4.39 Å². The fourth-order valence-corrected chi connectivity index (χ4v) is 2.80. The van der Waals surface area contributed by atoms with Crippen LogP contribution in [0.3, 0.4) is 0 Å². The van der Waals surface area contributed by atoms with E-state index < -0.39 is 0 Å². The number of aromatic nitrogens is 4. The number of fused-ring (bicyclic) bond motifs is 1. The number of nitrogens with zero attached hydrogens (tertiary/aromatic N) is 4. The van der Waals surface area contributed by atoms with Gasteiger partial charge in [0.15, 0.2) is 0 Å². The van der Waals surface area contributed by atoms with Crippen molar-refractivity contribution < 1.29 is 13.3 Å². The molecule has 5 rings (SSSR count). The summed E-state index contributed by atoms with van der Waals surface area (Å²) in [5.41, 5.74) is 3.32. The molecule has 0 radical (unpaired) electrons. The smallest absolute Gasteiger partial charge is 0.258 e. The number of rotatable bonds is 3. The summed E-state index contributed by atoms with van der Waals surface area (Å²) in [5, 5.41) is 13.0. The van der Waals surface area contributed by atoms with Gasteiger partial charge in [0.25, 0.3) is 5.71 Å². The highest BCUT2D eigenvalue weighted by Gasteiger charge is 2.16. The lowest BCUT2D eigenvalue weighted by molar-refractivity contribution is 0.451. The van der Waals surface area contributed by atoms with Crippen molar-refractivity contribution in [3.05, 3.63) is 72.7 Å². The van der Waals surface area contributed by atoms with Gasteiger partial charge >= 0.3 is 0 Å². The van der Waals surface area contributed by atoms with Crippen LogP contribution in [-0.2, 0) is 0 Å². The second-order valence-corrected chi connectivity index (χ2v) is 5.89. The van der Waals surface area contributed by atoms with Gasteiger partial charge < -0.3 is 8.94 Å². The highest BCUT2D eigenvalue weighted by Crippen LogP contribution is 2.31. The van der Waals surface area contributed by atoms with E-state index in [0.29, 0.717) is 34.3 Å². The van der Waals surface area contributed by atoms with E-state index in [4.69, 9.17) is 8.94 Å². The van der Waals surface area contributed by atoms with E-state index in [1.54, 1.807) is 18.3 Å². The third-order valence-electron chi connectivity index (χ3n) is 4.14. The Balaban J connectivity index is 1.57. The lowest BCUT2D eigenvalue weighted by Gasteiger charge is -1.97. The van der Waals surface area contributed by atoms with Crippen LogP contribution in [0.25, 0.3) is 45.3 Å². The first-order chi connectivity index (χ1) is 13.3. The summed E-state index contributed by atoms with van der Waals surface area (Å²) in [7, 11) is 0. The molecule has 0 saturated carbocycles. The van der Waals surface area contributed by atoms with Crippen molar-refractivity contribution in [3.63, 3.8) is 0 Å². The molecule has 6 nitrogen and oxygen atoms in total. The topological polar surface area (TPSA) is 77.8 Å². The third kappa shape index (κ3) is 2.75. The van der Waals surface area contributed by atoms with Gasteiger partial charge in [-0.25, -0.2) is 9.37 Å². The molecule has 130 valence electrons. The Morgan fingerprint density at radius 2 is 1.52 bits per heavy atom. The van der Waals surface area contributed by atoms with Gasteiger partial charge in [-0.2, -0.15) is 0 Å². The van der Waals surface area contributed by atoms with E-state index in [-0.39, 0.29) is 5.82 Å². The van der Waals surface area contributed by atoms with Crippen LogP contribution in [0.15, 0.2) is 75.8 Å². The fourth-order valence-electron chi connectivity index (χ4n) is 2.80. The Labute approximate surface area is 152 Å². The molecule has 2 aromatic carbocycles. The van der Waals surface area contributed by atoms with Gasteiger partial charge in [0, 0.05) is 17.3 Å². The van der Waals surface area contributed by atoms with Crippen LogP contribution in [0.5, 0.6) is 0 Å². The number of benzene rings is 2. The summed E-state index contributed by atoms with van der Waals surface area (Å²) in [6.45, 7) is 0. The molecule has 7 heteroatoms. The Bertz CT molecular complexity index is 1230. The molecular formula is C20H11FN4O2. The van der Waals surface area contributed by atoms with E-state index >= 15 is 0 Å². The molecule has 0 saturated heterocycles. The molecule has 0 spiro atoms. The Morgan fingerprint density at radius 1 is 0.778 bits per heavy atom. The number of pyridine rings is 1. The molecule has 0 fully saturated rings. The van der Waals surface area contributed by atoms with Crippen LogP contribution in [0.1, 0.15) is 0 Å². The van der Waals surface area contributed by atoms with Gasteiger partial charge in [-0.1, -0.05) is 35.5 Å². The maximum atomic E-state index is 13.1. The lowest BCUT2D eigenvalue weighted by atomic mass is 10.1. The second kappa shape index (κ2) is 6.14. The van der Waals surface area contributed by atoms with Crippen molar-refractivity contribution in [1.82, 2.24) is 20.3 Å². The molecule has 0 amide bonds. The predicted molar refractivity (Wildman–Crippen MR) is 95.9 cm³/mol. The first-order valence-electron chi connectivity index (χ1n) is 8.18. The van der Waals surface area contributed by atoms with Crippen LogP contribution in [-0.4, -0.2) is 20.3 Å². The van der Waals surface area contributed by atoms with Gasteiger partial charge in [0.05, 0.1) is 10.9 Å². The minimum absolute atomic E-state index is 0.304. The first kappa shape index (κ1) is 15.4. The molecule has 0 bridgehead atoms. The zero-order valence-corrected chi connectivity index (χ0v) is 13.8. The largest absolute Gasteiger partial charge is 0.416 e. The van der Waals surface area contributed by atoms with Crippen molar-refractivity contribution in [2.24, 2.45) is 0 Å². The zero-order valence-electron chi connectivity index (χ0n) is 13.8. The Hall–Kier alpha value is -3.87. The van der Waals surface area contributed by atoms with E-state index in [2.05, 4.69) is 20.3 Å². The second-order valence-electron chi connectivity index (χ2n) is 5.89. The zero-order chi connectivity index (χ0) is 18.2. The normalized spacial score (nSPS) is 11.1. The number of halogens is 1. The molecule has 0 atom stereocenters. The van der Waals surface area contributed by atoms with Gasteiger partial charge in [0.2, 0.25) is 11.8 Å². The highest BCUT2D eigenvalue weighted by atomic mass is 19.1. The number of hydrogen-bond donors (Lipinski definition) is 0. The van der Waals surface area contributed by atoms with Crippen molar-refractivity contribution in [1.29, 1.82) is 0 Å². The summed E-state index contributed by atoms with van der Waals surface area (Å²) in [6.07, 6.45) is 1.59. The van der Waals surface area contributed by atoms with Crippen LogP contribution >= 0.6 is 0 Å². The minimum Gasteiger partial charge on any atom is -0.416 e. The van der Waals surface area contributed by atoms with Crippen molar-refractivity contribution in [2.75, 3.05) is 0 Å². The molecular weight excluding hydrogens is 347 g/mol. The lowest BCUT2D eigenvalue weighted by Crippen LogP contribution is -1.82. The summed E-state index contributed by atoms with van der Waals surface area (Å²) in [6, 6.07) is 17.4. The van der Waals surface area contributed by atoms with Gasteiger partial charge in [-0.15, -0.1) is 10.2 Å². The SMILES string of the molecule is Fc1ccc(-c2nnc(-c3cnc4onc(-c5ccccc5)c4c3)o2)cc1.